The van der Waals surface area contributed by atoms with Crippen LogP contribution in [0.1, 0.15) is 36.5 Å². The Labute approximate surface area is 146 Å². The summed E-state index contributed by atoms with van der Waals surface area (Å²) in [6.45, 7) is 1.81. The van der Waals surface area contributed by atoms with Crippen molar-refractivity contribution >= 4 is 5.91 Å². The summed E-state index contributed by atoms with van der Waals surface area (Å²) in [6, 6.07) is 10.3. The number of halogens is 1. The Kier molecular flexibility index (Phi) is 4.57. The molecule has 25 heavy (non-hydrogen) atoms. The van der Waals surface area contributed by atoms with Gasteiger partial charge < -0.3 is 14.1 Å². The van der Waals surface area contributed by atoms with E-state index in [0.29, 0.717) is 13.1 Å². The average molecular weight is 343 g/mol. The lowest BCUT2D eigenvalue weighted by Crippen LogP contribution is -2.38. The second-order valence-electron chi connectivity index (χ2n) is 6.94. The molecule has 3 atom stereocenters. The molecule has 2 aliphatic rings. The van der Waals surface area contributed by atoms with E-state index in [0.717, 1.165) is 37.2 Å². The summed E-state index contributed by atoms with van der Waals surface area (Å²) in [6.07, 6.45) is 4.53. The molecule has 1 aromatic carbocycles. The van der Waals surface area contributed by atoms with E-state index < -0.39 is 0 Å². The van der Waals surface area contributed by atoms with Crippen molar-refractivity contribution in [2.75, 3.05) is 13.2 Å². The number of hydrogen-bond donors (Lipinski definition) is 0. The standard InChI is InChI=1S/C20H22FNO3/c21-15-5-1-4-14(10-15)18-11-19(18)20(23)22(12-16-6-2-8-24-16)13-17-7-3-9-25-17/h1-2,4-6,8,10,17-19H,3,7,9,11-13H2. The zero-order valence-electron chi connectivity index (χ0n) is 14.1. The number of ether oxygens (including phenoxy) is 1. The molecule has 1 amide bonds. The van der Waals surface area contributed by atoms with Crippen molar-refractivity contribution in [3.63, 3.8) is 0 Å². The van der Waals surface area contributed by atoms with E-state index >= 15 is 0 Å². The van der Waals surface area contributed by atoms with Crippen LogP contribution < -0.4 is 0 Å². The van der Waals surface area contributed by atoms with E-state index in [1.54, 1.807) is 12.3 Å². The molecule has 3 unspecified atom stereocenters. The second kappa shape index (κ2) is 7.00. The monoisotopic (exact) mass is 343 g/mol. The minimum atomic E-state index is -0.248. The average Bonchev–Trinajstić information content (AvgIpc) is 2.97. The molecule has 4 nitrogen and oxygen atoms in total. The van der Waals surface area contributed by atoms with Crippen LogP contribution in [-0.4, -0.2) is 30.1 Å². The summed E-state index contributed by atoms with van der Waals surface area (Å²) in [4.78, 5) is 14.9. The van der Waals surface area contributed by atoms with Gasteiger partial charge >= 0.3 is 0 Å². The van der Waals surface area contributed by atoms with Crippen molar-refractivity contribution in [2.45, 2.75) is 37.8 Å². The normalized spacial score (nSPS) is 25.1. The van der Waals surface area contributed by atoms with Crippen LogP contribution in [-0.2, 0) is 16.1 Å². The van der Waals surface area contributed by atoms with Crippen molar-refractivity contribution in [1.82, 2.24) is 4.90 Å². The maximum Gasteiger partial charge on any atom is 0.226 e. The minimum Gasteiger partial charge on any atom is -0.467 e. The predicted octanol–water partition coefficient (Wildman–Crippen LogP) is 3.73. The first-order valence-corrected chi connectivity index (χ1v) is 8.89. The lowest BCUT2D eigenvalue weighted by molar-refractivity contribution is -0.135. The highest BCUT2D eigenvalue weighted by Crippen LogP contribution is 2.48. The molecule has 1 saturated carbocycles. The Balaban J connectivity index is 1.45. The number of amides is 1. The van der Waals surface area contributed by atoms with Crippen LogP contribution in [0.5, 0.6) is 0 Å². The van der Waals surface area contributed by atoms with Gasteiger partial charge in [0.15, 0.2) is 0 Å². The maximum absolute atomic E-state index is 13.4. The molecule has 0 bridgehead atoms. The van der Waals surface area contributed by atoms with Crippen molar-refractivity contribution in [3.05, 3.63) is 59.8 Å². The van der Waals surface area contributed by atoms with Gasteiger partial charge in [-0.25, -0.2) is 4.39 Å². The molecule has 2 aromatic rings. The highest BCUT2D eigenvalue weighted by atomic mass is 19.1. The van der Waals surface area contributed by atoms with Crippen LogP contribution in [0, 0.1) is 11.7 Å². The fourth-order valence-corrected chi connectivity index (χ4v) is 3.67. The van der Waals surface area contributed by atoms with Crippen LogP contribution in [0.4, 0.5) is 4.39 Å². The maximum atomic E-state index is 13.4. The number of carbonyl (C=O) groups excluding carboxylic acids is 1. The third-order valence-electron chi connectivity index (χ3n) is 5.07. The number of nitrogens with zero attached hydrogens (tertiary/aromatic N) is 1. The number of rotatable bonds is 6. The number of benzene rings is 1. The van der Waals surface area contributed by atoms with Crippen molar-refractivity contribution < 1.29 is 18.3 Å². The summed E-state index contributed by atoms with van der Waals surface area (Å²) in [7, 11) is 0. The van der Waals surface area contributed by atoms with E-state index in [4.69, 9.17) is 9.15 Å². The van der Waals surface area contributed by atoms with E-state index in [2.05, 4.69) is 0 Å². The molecule has 1 saturated heterocycles. The van der Waals surface area contributed by atoms with E-state index in [9.17, 15) is 9.18 Å². The molecule has 2 fully saturated rings. The Bertz CT molecular complexity index is 724. The van der Waals surface area contributed by atoms with Crippen LogP contribution in [0.15, 0.2) is 47.1 Å². The lowest BCUT2D eigenvalue weighted by atomic mass is 10.1. The zero-order chi connectivity index (χ0) is 17.2. The Morgan fingerprint density at radius 1 is 1.28 bits per heavy atom. The second-order valence-corrected chi connectivity index (χ2v) is 6.94. The van der Waals surface area contributed by atoms with Crippen LogP contribution in [0.3, 0.4) is 0 Å². The van der Waals surface area contributed by atoms with Gasteiger partial charge in [0.25, 0.3) is 0 Å². The molecular formula is C20H22FNO3. The number of hydrogen-bond acceptors (Lipinski definition) is 3. The van der Waals surface area contributed by atoms with Gasteiger partial charge in [0.1, 0.15) is 11.6 Å². The number of carbonyl (C=O) groups is 1. The van der Waals surface area contributed by atoms with E-state index in [-0.39, 0.29) is 29.7 Å². The molecule has 1 aliphatic heterocycles. The SMILES string of the molecule is O=C(C1CC1c1cccc(F)c1)N(Cc1ccco1)CC1CCCO1. The van der Waals surface area contributed by atoms with Crippen LogP contribution in [0.25, 0.3) is 0 Å². The van der Waals surface area contributed by atoms with Gasteiger partial charge in [-0.15, -0.1) is 0 Å². The Morgan fingerprint density at radius 2 is 2.20 bits per heavy atom. The molecule has 1 aliphatic carbocycles. The van der Waals surface area contributed by atoms with Gasteiger partial charge in [-0.05, 0) is 55.0 Å². The van der Waals surface area contributed by atoms with Gasteiger partial charge in [-0.1, -0.05) is 12.1 Å². The minimum absolute atomic E-state index is 0.0711. The molecule has 2 heterocycles. The van der Waals surface area contributed by atoms with E-state index in [1.807, 2.05) is 23.1 Å². The first-order chi connectivity index (χ1) is 12.2. The summed E-state index contributed by atoms with van der Waals surface area (Å²) in [5, 5.41) is 0. The molecule has 4 rings (SSSR count). The third-order valence-corrected chi connectivity index (χ3v) is 5.07. The van der Waals surface area contributed by atoms with Gasteiger partial charge in [0, 0.05) is 19.1 Å². The highest BCUT2D eigenvalue weighted by molar-refractivity contribution is 5.83. The predicted molar refractivity (Wildman–Crippen MR) is 90.3 cm³/mol. The Morgan fingerprint density at radius 3 is 2.92 bits per heavy atom. The van der Waals surface area contributed by atoms with Gasteiger partial charge in [0.2, 0.25) is 5.91 Å². The Hall–Kier alpha value is -2.14. The zero-order valence-corrected chi connectivity index (χ0v) is 14.1. The quantitative estimate of drug-likeness (QED) is 0.803. The summed E-state index contributed by atoms with van der Waals surface area (Å²) >= 11 is 0. The van der Waals surface area contributed by atoms with Crippen molar-refractivity contribution in [2.24, 2.45) is 5.92 Å². The molecule has 1 aromatic heterocycles. The molecule has 0 radical (unpaired) electrons. The topological polar surface area (TPSA) is 42.7 Å². The van der Waals surface area contributed by atoms with Gasteiger partial charge in [-0.3, -0.25) is 4.79 Å². The van der Waals surface area contributed by atoms with Crippen LogP contribution >= 0.6 is 0 Å². The van der Waals surface area contributed by atoms with E-state index in [1.165, 1.54) is 12.1 Å². The molecule has 0 spiro atoms. The summed E-state index contributed by atoms with van der Waals surface area (Å²) < 4.78 is 24.6. The van der Waals surface area contributed by atoms with Crippen LogP contribution in [0.2, 0.25) is 0 Å². The van der Waals surface area contributed by atoms with Gasteiger partial charge in [0.05, 0.1) is 18.9 Å². The summed E-state index contributed by atoms with van der Waals surface area (Å²) in [5.41, 5.74) is 0.911. The number of furan rings is 1. The summed E-state index contributed by atoms with van der Waals surface area (Å²) in [5.74, 6) is 0.683. The van der Waals surface area contributed by atoms with Crippen molar-refractivity contribution in [1.29, 1.82) is 0 Å². The molecule has 132 valence electrons. The largest absolute Gasteiger partial charge is 0.467 e. The lowest BCUT2D eigenvalue weighted by Gasteiger charge is -2.25. The molecular weight excluding hydrogens is 321 g/mol. The molecule has 0 N–H and O–H groups in total. The third kappa shape index (κ3) is 3.76. The van der Waals surface area contributed by atoms with Crippen molar-refractivity contribution in [3.8, 4) is 0 Å². The fraction of sp³-hybridized carbons (Fsp3) is 0.450. The first-order valence-electron chi connectivity index (χ1n) is 8.89. The fourth-order valence-electron chi connectivity index (χ4n) is 3.67. The first kappa shape index (κ1) is 16.3. The van der Waals surface area contributed by atoms with Gasteiger partial charge in [-0.2, -0.15) is 0 Å². The smallest absolute Gasteiger partial charge is 0.226 e. The molecule has 5 heteroatoms. The highest BCUT2D eigenvalue weighted by Gasteiger charge is 2.46.